The largest absolute Gasteiger partial charge is 0.455 e. The number of nitrogens with zero attached hydrogens (tertiary/aromatic N) is 3. The molecule has 0 unspecified atom stereocenters. The number of likely N-dealkylation sites (tertiary alicyclic amines) is 1. The topological polar surface area (TPSA) is 109 Å². The van der Waals surface area contributed by atoms with Crippen LogP contribution in [0.2, 0.25) is 0 Å². The SMILES string of the molecule is CC[C@H](C)[C@H](CC(=O)[C@H]1CCCCN1C)C(=O)N(C)[C@H](C[C@@H](OC(C)=O)c1nc(C(=O)N[C@@H](Cc2ccccc2)CC(C)C)cs1)C(C)C. The van der Waals surface area contributed by atoms with Gasteiger partial charge in [-0.1, -0.05) is 84.7 Å². The van der Waals surface area contributed by atoms with E-state index in [1.807, 2.05) is 46.0 Å². The van der Waals surface area contributed by atoms with Crippen molar-refractivity contribution in [1.82, 2.24) is 20.1 Å². The molecule has 1 fully saturated rings. The van der Waals surface area contributed by atoms with E-state index in [1.165, 1.54) is 18.3 Å². The van der Waals surface area contributed by atoms with Gasteiger partial charge >= 0.3 is 5.97 Å². The van der Waals surface area contributed by atoms with E-state index in [4.69, 9.17) is 4.74 Å². The molecule has 0 saturated carbocycles. The first kappa shape index (κ1) is 40.3. The number of amides is 2. The predicted octanol–water partition coefficient (Wildman–Crippen LogP) is 7.11. The summed E-state index contributed by atoms with van der Waals surface area (Å²) in [6.45, 7) is 14.7. The van der Waals surface area contributed by atoms with Crippen LogP contribution >= 0.6 is 11.3 Å². The number of esters is 1. The first-order valence-electron chi connectivity index (χ1n) is 18.2. The predicted molar refractivity (Wildman–Crippen MR) is 196 cm³/mol. The van der Waals surface area contributed by atoms with E-state index >= 15 is 0 Å². The Labute approximate surface area is 298 Å². The molecule has 10 heteroatoms. The maximum atomic E-state index is 14.2. The zero-order chi connectivity index (χ0) is 36.2. The Morgan fingerprint density at radius 3 is 2.35 bits per heavy atom. The first-order valence-corrected chi connectivity index (χ1v) is 19.1. The van der Waals surface area contributed by atoms with Crippen LogP contribution in [0.4, 0.5) is 0 Å². The van der Waals surface area contributed by atoms with Crippen LogP contribution in [-0.2, 0) is 25.5 Å². The summed E-state index contributed by atoms with van der Waals surface area (Å²) in [5.41, 5.74) is 1.44. The van der Waals surface area contributed by atoms with Crippen molar-refractivity contribution in [1.29, 1.82) is 0 Å². The lowest BCUT2D eigenvalue weighted by Crippen LogP contribution is -2.48. The first-order chi connectivity index (χ1) is 23.2. The molecule has 1 saturated heterocycles. The van der Waals surface area contributed by atoms with Crippen LogP contribution in [0.1, 0.15) is 121 Å². The fourth-order valence-electron chi connectivity index (χ4n) is 7.03. The number of Topliss-reactive ketones (excluding diaryl/α,β-unsaturated/α-hetero) is 1. The van der Waals surface area contributed by atoms with Crippen molar-refractivity contribution in [3.63, 3.8) is 0 Å². The Balaban J connectivity index is 1.79. The Hall–Kier alpha value is -3.11. The summed E-state index contributed by atoms with van der Waals surface area (Å²) in [4.78, 5) is 62.1. The number of ketones is 1. The Bertz CT molecular complexity index is 1360. The van der Waals surface area contributed by atoms with Crippen molar-refractivity contribution in [2.75, 3.05) is 20.6 Å². The fourth-order valence-corrected chi connectivity index (χ4v) is 7.87. The minimum Gasteiger partial charge on any atom is -0.455 e. The summed E-state index contributed by atoms with van der Waals surface area (Å²) in [7, 11) is 3.80. The minimum atomic E-state index is -0.734. The number of benzene rings is 1. The second-order valence-corrected chi connectivity index (χ2v) is 15.7. The van der Waals surface area contributed by atoms with E-state index in [2.05, 4.69) is 48.1 Å². The van der Waals surface area contributed by atoms with E-state index in [0.717, 1.165) is 50.6 Å². The number of hydrogen-bond donors (Lipinski definition) is 1. The van der Waals surface area contributed by atoms with Gasteiger partial charge in [0.2, 0.25) is 5.91 Å². The number of hydrogen-bond acceptors (Lipinski definition) is 8. The van der Waals surface area contributed by atoms with Crippen LogP contribution in [0, 0.1) is 23.7 Å². The summed E-state index contributed by atoms with van der Waals surface area (Å²) in [5.74, 6) is -0.612. The monoisotopic (exact) mass is 696 g/mol. The van der Waals surface area contributed by atoms with Gasteiger partial charge in [0.25, 0.3) is 5.91 Å². The summed E-state index contributed by atoms with van der Waals surface area (Å²) in [6, 6.07) is 9.63. The van der Waals surface area contributed by atoms with E-state index in [0.29, 0.717) is 17.3 Å². The van der Waals surface area contributed by atoms with Crippen molar-refractivity contribution in [2.45, 2.75) is 124 Å². The van der Waals surface area contributed by atoms with Crippen molar-refractivity contribution in [2.24, 2.45) is 23.7 Å². The Morgan fingerprint density at radius 1 is 1.06 bits per heavy atom. The van der Waals surface area contributed by atoms with Crippen LogP contribution in [-0.4, -0.2) is 77.1 Å². The molecule has 1 aromatic heterocycles. The lowest BCUT2D eigenvalue weighted by molar-refractivity contribution is -0.149. The van der Waals surface area contributed by atoms with Crippen molar-refractivity contribution < 1.29 is 23.9 Å². The molecule has 2 aromatic rings. The molecule has 272 valence electrons. The smallest absolute Gasteiger partial charge is 0.303 e. The summed E-state index contributed by atoms with van der Waals surface area (Å²) in [6.07, 6.45) is 5.10. The number of piperidine rings is 1. The highest BCUT2D eigenvalue weighted by Gasteiger charge is 2.37. The number of carbonyl (C=O) groups is 4. The molecule has 1 aliphatic heterocycles. The van der Waals surface area contributed by atoms with E-state index in [-0.39, 0.29) is 59.7 Å². The minimum absolute atomic E-state index is 0.0299. The van der Waals surface area contributed by atoms with Gasteiger partial charge in [0.1, 0.15) is 10.7 Å². The zero-order valence-corrected chi connectivity index (χ0v) is 32.1. The molecule has 1 aromatic carbocycles. The normalized spacial score (nSPS) is 18.4. The third-order valence-electron chi connectivity index (χ3n) is 10.0. The third kappa shape index (κ3) is 12.0. The molecule has 2 amide bonds. The molecular weight excluding hydrogens is 637 g/mol. The van der Waals surface area contributed by atoms with Crippen LogP contribution in [0.25, 0.3) is 0 Å². The molecule has 0 aliphatic carbocycles. The van der Waals surface area contributed by atoms with Crippen molar-refractivity contribution in [3.8, 4) is 0 Å². The fraction of sp³-hybridized carbons (Fsp3) is 0.667. The second-order valence-electron chi connectivity index (χ2n) is 14.8. The number of rotatable bonds is 18. The number of aromatic nitrogens is 1. The van der Waals surface area contributed by atoms with Gasteiger partial charge in [-0.15, -0.1) is 11.3 Å². The van der Waals surface area contributed by atoms with Gasteiger partial charge in [-0.05, 0) is 62.6 Å². The molecule has 6 atom stereocenters. The maximum Gasteiger partial charge on any atom is 0.303 e. The van der Waals surface area contributed by atoms with Crippen LogP contribution in [0.5, 0.6) is 0 Å². The molecule has 0 radical (unpaired) electrons. The Kier molecular flexibility index (Phi) is 15.9. The maximum absolute atomic E-state index is 14.2. The molecule has 3 rings (SSSR count). The number of nitrogens with one attached hydrogen (secondary N) is 1. The summed E-state index contributed by atoms with van der Waals surface area (Å²) in [5, 5.41) is 5.41. The Morgan fingerprint density at radius 2 is 1.76 bits per heavy atom. The third-order valence-corrected chi connectivity index (χ3v) is 11.0. The van der Waals surface area contributed by atoms with Crippen molar-refractivity contribution >= 4 is 34.9 Å². The van der Waals surface area contributed by atoms with Gasteiger partial charge in [0.15, 0.2) is 11.9 Å². The lowest BCUT2D eigenvalue weighted by Gasteiger charge is -2.37. The molecule has 49 heavy (non-hydrogen) atoms. The molecule has 1 aliphatic rings. The molecule has 2 heterocycles. The number of likely N-dealkylation sites (N-methyl/N-ethyl adjacent to an activating group) is 1. The van der Waals surface area contributed by atoms with Crippen molar-refractivity contribution in [3.05, 3.63) is 52.0 Å². The molecule has 9 nitrogen and oxygen atoms in total. The average molecular weight is 697 g/mol. The van der Waals surface area contributed by atoms with Gasteiger partial charge in [0.05, 0.1) is 6.04 Å². The van der Waals surface area contributed by atoms with E-state index < -0.39 is 18.0 Å². The zero-order valence-electron chi connectivity index (χ0n) is 31.2. The molecular formula is C39H60N4O5S. The van der Waals surface area contributed by atoms with Gasteiger partial charge < -0.3 is 15.0 Å². The summed E-state index contributed by atoms with van der Waals surface area (Å²) >= 11 is 1.28. The molecule has 1 N–H and O–H groups in total. The number of carbonyl (C=O) groups excluding carboxylic acids is 4. The van der Waals surface area contributed by atoms with Crippen LogP contribution in [0.15, 0.2) is 35.7 Å². The standard InChI is InChI=1S/C39H60N4O5S/c1-10-27(6)31(22-35(45)33-18-14-15-19-42(33)8)39(47)43(9)34(26(4)5)23-36(48-28(7)44)38-41-32(24-49-38)37(46)40-30(20-25(2)3)21-29-16-12-11-13-17-29/h11-13,16-17,24-27,30-31,33-34,36H,10,14-15,18-23H2,1-9H3,(H,40,46)/t27-,30+,31-,33+,34+,36+/m0/s1. The van der Waals surface area contributed by atoms with E-state index in [1.54, 1.807) is 17.3 Å². The average Bonchev–Trinajstić information content (AvgIpc) is 3.55. The second kappa shape index (κ2) is 19.3. The number of ether oxygens (including phenoxy) is 1. The number of thiazole rings is 1. The molecule has 0 bridgehead atoms. The highest BCUT2D eigenvalue weighted by Crippen LogP contribution is 2.33. The van der Waals surface area contributed by atoms with Crippen LogP contribution < -0.4 is 5.32 Å². The van der Waals surface area contributed by atoms with E-state index in [9.17, 15) is 19.2 Å². The van der Waals surface area contributed by atoms with Gasteiger partial charge in [0, 0.05) is 50.2 Å². The van der Waals surface area contributed by atoms with Gasteiger partial charge in [-0.25, -0.2) is 4.98 Å². The highest BCUT2D eigenvalue weighted by molar-refractivity contribution is 7.09. The van der Waals surface area contributed by atoms with Gasteiger partial charge in [-0.2, -0.15) is 0 Å². The van der Waals surface area contributed by atoms with Crippen LogP contribution in [0.3, 0.4) is 0 Å². The molecule has 0 spiro atoms. The highest BCUT2D eigenvalue weighted by atomic mass is 32.1. The summed E-state index contributed by atoms with van der Waals surface area (Å²) < 4.78 is 5.82. The lowest BCUT2D eigenvalue weighted by atomic mass is 9.83. The van der Waals surface area contributed by atoms with Gasteiger partial charge in [-0.3, -0.25) is 24.1 Å². The quantitative estimate of drug-likeness (QED) is 0.166.